The average molecular weight is 247 g/mol. The maximum absolute atomic E-state index is 13.6. The molecular weight excluding hydrogens is 232 g/mol. The molecule has 0 saturated carbocycles. The van der Waals surface area contributed by atoms with Crippen LogP contribution in [0.5, 0.6) is 5.75 Å². The zero-order chi connectivity index (χ0) is 12.1. The van der Waals surface area contributed by atoms with Crippen LogP contribution in [-0.4, -0.2) is 26.5 Å². The summed E-state index contributed by atoms with van der Waals surface area (Å²) in [5, 5.41) is 0. The summed E-state index contributed by atoms with van der Waals surface area (Å²) in [7, 11) is 3.02. The maximum atomic E-state index is 13.6. The van der Waals surface area contributed by atoms with E-state index in [0.29, 0.717) is 12.3 Å². The van der Waals surface area contributed by atoms with E-state index in [0.717, 1.165) is 18.6 Å². The molecule has 90 valence electrons. The Balaban J connectivity index is 2.92. The molecule has 1 aromatic carbocycles. The highest BCUT2D eigenvalue weighted by Crippen LogP contribution is 2.26. The monoisotopic (exact) mass is 247 g/mol. The van der Waals surface area contributed by atoms with Crippen LogP contribution in [0, 0.1) is 11.6 Å². The number of thiol groups is 1. The zero-order valence-electron chi connectivity index (χ0n) is 9.33. The molecule has 0 bridgehead atoms. The summed E-state index contributed by atoms with van der Waals surface area (Å²) in [5.41, 5.74) is 0.236. The second-order valence-corrected chi connectivity index (χ2v) is 3.88. The molecule has 0 atom stereocenters. The van der Waals surface area contributed by atoms with Crippen LogP contribution in [0.25, 0.3) is 0 Å². The van der Waals surface area contributed by atoms with Crippen molar-refractivity contribution in [3.8, 4) is 5.75 Å². The van der Waals surface area contributed by atoms with Crippen molar-refractivity contribution in [3.63, 3.8) is 0 Å². The minimum Gasteiger partial charge on any atom is -0.494 e. The Bertz CT molecular complexity index is 360. The van der Waals surface area contributed by atoms with Crippen LogP contribution < -0.4 is 9.64 Å². The molecule has 1 rings (SSSR count). The first-order chi connectivity index (χ1) is 7.60. The van der Waals surface area contributed by atoms with Gasteiger partial charge in [-0.3, -0.25) is 0 Å². The minimum absolute atomic E-state index is 0.0798. The summed E-state index contributed by atoms with van der Waals surface area (Å²) in [5.74, 6) is -0.412. The largest absolute Gasteiger partial charge is 0.494 e. The second kappa shape index (κ2) is 5.94. The lowest BCUT2D eigenvalue weighted by Gasteiger charge is -2.20. The first kappa shape index (κ1) is 13.1. The molecule has 2 nitrogen and oxygen atoms in total. The average Bonchev–Trinajstić information content (AvgIpc) is 2.28. The standard InChI is InChI=1S/C11H15F2NOS/c1-14(4-3-5-16)10-6-9(13)11(15-2)7-8(10)12/h6-7,16H,3-5H2,1-2H3. The van der Waals surface area contributed by atoms with E-state index in [2.05, 4.69) is 12.6 Å². The highest BCUT2D eigenvalue weighted by Gasteiger charge is 2.13. The van der Waals surface area contributed by atoms with Crippen molar-refractivity contribution in [2.24, 2.45) is 0 Å². The molecule has 0 radical (unpaired) electrons. The van der Waals surface area contributed by atoms with Gasteiger partial charge in [0.1, 0.15) is 5.82 Å². The predicted octanol–water partition coefficient (Wildman–Crippen LogP) is 2.73. The predicted molar refractivity (Wildman–Crippen MR) is 64.7 cm³/mol. The van der Waals surface area contributed by atoms with Crippen LogP contribution in [0.4, 0.5) is 14.5 Å². The summed E-state index contributed by atoms with van der Waals surface area (Å²) in [6, 6.07) is 2.20. The number of hydrogen-bond acceptors (Lipinski definition) is 3. The van der Waals surface area contributed by atoms with Crippen molar-refractivity contribution >= 4 is 18.3 Å². The normalized spacial score (nSPS) is 10.3. The van der Waals surface area contributed by atoms with Gasteiger partial charge >= 0.3 is 0 Å². The van der Waals surface area contributed by atoms with Crippen molar-refractivity contribution in [2.45, 2.75) is 6.42 Å². The van der Waals surface area contributed by atoms with Gasteiger partial charge in [0.25, 0.3) is 0 Å². The highest BCUT2D eigenvalue weighted by atomic mass is 32.1. The maximum Gasteiger partial charge on any atom is 0.167 e. The number of hydrogen-bond donors (Lipinski definition) is 1. The fourth-order valence-electron chi connectivity index (χ4n) is 1.40. The Morgan fingerprint density at radius 2 is 2.00 bits per heavy atom. The zero-order valence-corrected chi connectivity index (χ0v) is 10.2. The quantitative estimate of drug-likeness (QED) is 0.803. The van der Waals surface area contributed by atoms with Gasteiger partial charge in [0, 0.05) is 25.7 Å². The molecule has 1 aromatic rings. The molecule has 0 aliphatic heterocycles. The fraction of sp³-hybridized carbons (Fsp3) is 0.455. The van der Waals surface area contributed by atoms with E-state index in [1.807, 2.05) is 0 Å². The lowest BCUT2D eigenvalue weighted by atomic mass is 10.2. The summed E-state index contributed by atoms with van der Waals surface area (Å²) >= 11 is 4.07. The first-order valence-corrected chi connectivity index (χ1v) is 5.58. The van der Waals surface area contributed by atoms with E-state index in [4.69, 9.17) is 4.74 Å². The number of rotatable bonds is 5. The number of benzene rings is 1. The van der Waals surface area contributed by atoms with E-state index in [1.165, 1.54) is 7.11 Å². The lowest BCUT2D eigenvalue weighted by molar-refractivity contribution is 0.383. The number of halogens is 2. The Kier molecular flexibility index (Phi) is 4.86. The molecule has 0 fully saturated rings. The fourth-order valence-corrected chi connectivity index (χ4v) is 1.54. The summed E-state index contributed by atoms with van der Waals surface area (Å²) < 4.78 is 31.7. The Morgan fingerprint density at radius 3 is 2.56 bits per heavy atom. The minimum atomic E-state index is -0.559. The van der Waals surface area contributed by atoms with E-state index in [9.17, 15) is 8.78 Å². The smallest absolute Gasteiger partial charge is 0.167 e. The van der Waals surface area contributed by atoms with Gasteiger partial charge in [-0.2, -0.15) is 12.6 Å². The Morgan fingerprint density at radius 1 is 1.31 bits per heavy atom. The molecule has 0 spiro atoms. The SMILES string of the molecule is COc1cc(F)c(N(C)CCCS)cc1F. The third-order valence-electron chi connectivity index (χ3n) is 2.28. The second-order valence-electron chi connectivity index (χ2n) is 3.44. The van der Waals surface area contributed by atoms with Crippen LogP contribution in [0.15, 0.2) is 12.1 Å². The van der Waals surface area contributed by atoms with Crippen LogP contribution >= 0.6 is 12.6 Å². The molecule has 0 amide bonds. The van der Waals surface area contributed by atoms with Crippen molar-refractivity contribution in [3.05, 3.63) is 23.8 Å². The Labute approximate surface area is 99.6 Å². The molecule has 5 heteroatoms. The third kappa shape index (κ3) is 3.01. The molecule has 0 aromatic heterocycles. The van der Waals surface area contributed by atoms with Crippen molar-refractivity contribution in [1.82, 2.24) is 0 Å². The van der Waals surface area contributed by atoms with Gasteiger partial charge in [0.05, 0.1) is 12.8 Å². The van der Waals surface area contributed by atoms with E-state index in [-0.39, 0.29) is 11.4 Å². The molecule has 0 unspecified atom stereocenters. The molecule has 16 heavy (non-hydrogen) atoms. The van der Waals surface area contributed by atoms with Crippen molar-refractivity contribution in [1.29, 1.82) is 0 Å². The van der Waals surface area contributed by atoms with Gasteiger partial charge in [-0.25, -0.2) is 8.78 Å². The van der Waals surface area contributed by atoms with Crippen molar-refractivity contribution in [2.75, 3.05) is 31.4 Å². The van der Waals surface area contributed by atoms with Crippen LogP contribution in [0.2, 0.25) is 0 Å². The molecular formula is C11H15F2NOS. The van der Waals surface area contributed by atoms with Gasteiger partial charge < -0.3 is 9.64 Å². The van der Waals surface area contributed by atoms with E-state index >= 15 is 0 Å². The van der Waals surface area contributed by atoms with E-state index in [1.54, 1.807) is 11.9 Å². The Hall–Kier alpha value is -0.970. The molecule has 0 heterocycles. The molecule has 0 N–H and O–H groups in total. The number of anilines is 1. The van der Waals surface area contributed by atoms with Gasteiger partial charge in [-0.05, 0) is 12.2 Å². The first-order valence-electron chi connectivity index (χ1n) is 4.95. The van der Waals surface area contributed by atoms with Crippen molar-refractivity contribution < 1.29 is 13.5 Å². The van der Waals surface area contributed by atoms with Gasteiger partial charge in [-0.1, -0.05) is 0 Å². The lowest BCUT2D eigenvalue weighted by Crippen LogP contribution is -2.20. The molecule has 0 aliphatic rings. The summed E-state index contributed by atoms with van der Waals surface area (Å²) in [6.07, 6.45) is 0.812. The van der Waals surface area contributed by atoms with Gasteiger partial charge in [-0.15, -0.1) is 0 Å². The number of nitrogens with zero attached hydrogens (tertiary/aromatic N) is 1. The van der Waals surface area contributed by atoms with Crippen LogP contribution in [0.1, 0.15) is 6.42 Å². The molecule has 0 aliphatic carbocycles. The van der Waals surface area contributed by atoms with Gasteiger partial charge in [0.2, 0.25) is 0 Å². The summed E-state index contributed by atoms with van der Waals surface area (Å²) in [4.78, 5) is 1.66. The van der Waals surface area contributed by atoms with Crippen LogP contribution in [0.3, 0.4) is 0 Å². The van der Waals surface area contributed by atoms with E-state index < -0.39 is 11.6 Å². The molecule has 0 saturated heterocycles. The third-order valence-corrected chi connectivity index (χ3v) is 2.60. The summed E-state index contributed by atoms with van der Waals surface area (Å²) in [6.45, 7) is 0.631. The number of methoxy groups -OCH3 is 1. The van der Waals surface area contributed by atoms with Crippen LogP contribution in [-0.2, 0) is 0 Å². The van der Waals surface area contributed by atoms with Gasteiger partial charge in [0.15, 0.2) is 11.6 Å². The topological polar surface area (TPSA) is 12.5 Å². The highest BCUT2D eigenvalue weighted by molar-refractivity contribution is 7.80. The number of ether oxygens (including phenoxy) is 1.